The first-order valence-corrected chi connectivity index (χ1v) is 8.76. The van der Waals surface area contributed by atoms with E-state index in [2.05, 4.69) is 22.4 Å². The molecule has 2 heterocycles. The molecule has 1 aliphatic heterocycles. The highest BCUT2D eigenvalue weighted by Crippen LogP contribution is 2.25. The van der Waals surface area contributed by atoms with Crippen LogP contribution in [0.3, 0.4) is 0 Å². The molecule has 0 aliphatic carbocycles. The summed E-state index contributed by atoms with van der Waals surface area (Å²) in [5.74, 6) is 0.657. The highest BCUT2D eigenvalue weighted by molar-refractivity contribution is 7.89. The van der Waals surface area contributed by atoms with Crippen LogP contribution in [0.1, 0.15) is 38.7 Å². The summed E-state index contributed by atoms with van der Waals surface area (Å²) in [6.45, 7) is 6.70. The van der Waals surface area contributed by atoms with Gasteiger partial charge in [-0.25, -0.2) is 8.42 Å². The van der Waals surface area contributed by atoms with Crippen molar-refractivity contribution < 1.29 is 8.42 Å². The predicted octanol–water partition coefficient (Wildman–Crippen LogP) is 1.33. The molecule has 2 rings (SSSR count). The molecule has 0 radical (unpaired) electrons. The Bertz CT molecular complexity index is 518. The smallest absolute Gasteiger partial charge is 0.260 e. The average Bonchev–Trinajstić information content (AvgIpc) is 2.94. The number of nitrogens with one attached hydrogen (secondary N) is 2. The first-order chi connectivity index (χ1) is 9.59. The third-order valence-corrected chi connectivity index (χ3v) is 5.91. The lowest BCUT2D eigenvalue weighted by molar-refractivity contribution is 0.268. The second kappa shape index (κ2) is 6.69. The molecule has 1 aromatic heterocycles. The summed E-state index contributed by atoms with van der Waals surface area (Å²) in [7, 11) is -3.44. The van der Waals surface area contributed by atoms with Crippen LogP contribution in [0, 0.1) is 5.92 Å². The molecule has 7 heteroatoms. The lowest BCUT2D eigenvalue weighted by Crippen LogP contribution is -2.39. The summed E-state index contributed by atoms with van der Waals surface area (Å²) in [6.07, 6.45) is 4.62. The molecular weight excluding hydrogens is 276 g/mol. The molecule has 20 heavy (non-hydrogen) atoms. The van der Waals surface area contributed by atoms with Gasteiger partial charge in [-0.05, 0) is 25.3 Å². The van der Waals surface area contributed by atoms with E-state index in [4.69, 9.17) is 0 Å². The zero-order valence-electron chi connectivity index (χ0n) is 12.2. The number of piperidine rings is 1. The van der Waals surface area contributed by atoms with Crippen molar-refractivity contribution in [1.82, 2.24) is 19.8 Å². The van der Waals surface area contributed by atoms with Crippen molar-refractivity contribution in [2.75, 3.05) is 19.6 Å². The summed E-state index contributed by atoms with van der Waals surface area (Å²) in [6, 6.07) is 0. The minimum atomic E-state index is -3.44. The van der Waals surface area contributed by atoms with Crippen molar-refractivity contribution in [3.63, 3.8) is 0 Å². The van der Waals surface area contributed by atoms with E-state index in [0.717, 1.165) is 25.8 Å². The van der Waals surface area contributed by atoms with E-state index in [-0.39, 0.29) is 5.03 Å². The van der Waals surface area contributed by atoms with E-state index in [9.17, 15) is 8.42 Å². The van der Waals surface area contributed by atoms with Crippen LogP contribution in [-0.4, -0.2) is 42.6 Å². The third kappa shape index (κ3) is 3.21. The fourth-order valence-corrected chi connectivity index (χ4v) is 4.17. The molecule has 0 amide bonds. The van der Waals surface area contributed by atoms with Gasteiger partial charge < -0.3 is 5.32 Å². The molecule has 114 valence electrons. The molecule has 0 aromatic carbocycles. The number of H-pyrrole nitrogens is 1. The minimum Gasteiger partial charge on any atom is -0.313 e. The van der Waals surface area contributed by atoms with Crippen molar-refractivity contribution in [2.24, 2.45) is 5.92 Å². The van der Waals surface area contributed by atoms with Crippen LogP contribution in [-0.2, 0) is 16.6 Å². The second-order valence-electron chi connectivity index (χ2n) is 5.26. The molecule has 1 aliphatic rings. The Morgan fingerprint density at radius 2 is 2.10 bits per heavy atom. The highest BCUT2D eigenvalue weighted by atomic mass is 32.2. The first-order valence-electron chi connectivity index (χ1n) is 7.32. The van der Waals surface area contributed by atoms with Gasteiger partial charge in [-0.3, -0.25) is 5.10 Å². The van der Waals surface area contributed by atoms with Gasteiger partial charge in [0.25, 0.3) is 10.0 Å². The monoisotopic (exact) mass is 300 g/mol. The van der Waals surface area contributed by atoms with Gasteiger partial charge in [-0.1, -0.05) is 20.3 Å². The summed E-state index contributed by atoms with van der Waals surface area (Å²) in [4.78, 5) is 0. The molecule has 6 nitrogen and oxygen atoms in total. The van der Waals surface area contributed by atoms with E-state index in [1.54, 1.807) is 10.5 Å². The molecule has 0 spiro atoms. The molecule has 1 fully saturated rings. The van der Waals surface area contributed by atoms with Gasteiger partial charge in [0.15, 0.2) is 5.03 Å². The quantitative estimate of drug-likeness (QED) is 0.831. The first kappa shape index (κ1) is 15.5. The van der Waals surface area contributed by atoms with Crippen molar-refractivity contribution in [3.8, 4) is 0 Å². The Kier molecular flexibility index (Phi) is 5.17. The molecule has 2 N–H and O–H groups in total. The Balaban J connectivity index is 2.12. The second-order valence-corrected chi connectivity index (χ2v) is 7.14. The van der Waals surface area contributed by atoms with Gasteiger partial charge in [-0.2, -0.15) is 9.40 Å². The fourth-order valence-electron chi connectivity index (χ4n) is 2.60. The van der Waals surface area contributed by atoms with E-state index in [1.807, 2.05) is 6.92 Å². The lowest BCUT2D eigenvalue weighted by Gasteiger charge is -2.30. The van der Waals surface area contributed by atoms with Crippen LogP contribution in [0.5, 0.6) is 0 Å². The molecule has 0 saturated carbocycles. The van der Waals surface area contributed by atoms with Crippen LogP contribution in [0.4, 0.5) is 0 Å². The Morgan fingerprint density at radius 3 is 2.70 bits per heavy atom. The fraction of sp³-hybridized carbons (Fsp3) is 0.769. The van der Waals surface area contributed by atoms with E-state index in [0.29, 0.717) is 31.1 Å². The maximum Gasteiger partial charge on any atom is 0.260 e. The summed E-state index contributed by atoms with van der Waals surface area (Å²) < 4.78 is 26.9. The minimum absolute atomic E-state index is 0.244. The molecule has 1 saturated heterocycles. The van der Waals surface area contributed by atoms with E-state index in [1.165, 1.54) is 0 Å². The van der Waals surface area contributed by atoms with Crippen molar-refractivity contribution in [1.29, 1.82) is 0 Å². The zero-order chi connectivity index (χ0) is 14.6. The van der Waals surface area contributed by atoms with Crippen LogP contribution in [0.15, 0.2) is 11.2 Å². The van der Waals surface area contributed by atoms with Crippen LogP contribution in [0.2, 0.25) is 0 Å². The van der Waals surface area contributed by atoms with Gasteiger partial charge in [0.2, 0.25) is 0 Å². The SMILES string of the molecule is CCNCc1cn[nH]c1S(=O)(=O)N1CCC(CC)CC1. The topological polar surface area (TPSA) is 78.1 Å². The summed E-state index contributed by atoms with van der Waals surface area (Å²) >= 11 is 0. The number of aromatic nitrogens is 2. The van der Waals surface area contributed by atoms with Crippen molar-refractivity contribution >= 4 is 10.0 Å². The Hall–Kier alpha value is -0.920. The molecule has 0 atom stereocenters. The third-order valence-electron chi connectivity index (χ3n) is 3.99. The standard InChI is InChI=1S/C13H24N4O2S/c1-3-11-5-7-17(8-6-11)20(18,19)13-12(9-14-4-2)10-15-16-13/h10-11,14H,3-9H2,1-2H3,(H,15,16). The van der Waals surface area contributed by atoms with Crippen molar-refractivity contribution in [2.45, 2.75) is 44.7 Å². The van der Waals surface area contributed by atoms with Gasteiger partial charge in [-0.15, -0.1) is 0 Å². The normalized spacial score (nSPS) is 18.5. The number of sulfonamides is 1. The molecule has 0 unspecified atom stereocenters. The maximum absolute atomic E-state index is 12.7. The molecule has 0 bridgehead atoms. The number of rotatable bonds is 6. The van der Waals surface area contributed by atoms with Gasteiger partial charge >= 0.3 is 0 Å². The predicted molar refractivity (Wildman–Crippen MR) is 77.7 cm³/mol. The van der Waals surface area contributed by atoms with Crippen LogP contribution in [0.25, 0.3) is 0 Å². The Labute approximate surface area is 121 Å². The zero-order valence-corrected chi connectivity index (χ0v) is 13.0. The van der Waals surface area contributed by atoms with Gasteiger partial charge in [0.1, 0.15) is 0 Å². The van der Waals surface area contributed by atoms with E-state index < -0.39 is 10.0 Å². The highest BCUT2D eigenvalue weighted by Gasteiger charge is 2.31. The number of hydrogen-bond donors (Lipinski definition) is 2. The van der Waals surface area contributed by atoms with Crippen LogP contribution < -0.4 is 5.32 Å². The average molecular weight is 300 g/mol. The maximum atomic E-state index is 12.7. The number of hydrogen-bond acceptors (Lipinski definition) is 4. The lowest BCUT2D eigenvalue weighted by atomic mass is 9.96. The number of nitrogens with zero attached hydrogens (tertiary/aromatic N) is 2. The summed E-state index contributed by atoms with van der Waals surface area (Å²) in [5.41, 5.74) is 0.712. The van der Waals surface area contributed by atoms with Gasteiger partial charge in [0, 0.05) is 25.2 Å². The summed E-state index contributed by atoms with van der Waals surface area (Å²) in [5, 5.41) is 9.94. The van der Waals surface area contributed by atoms with Gasteiger partial charge in [0.05, 0.1) is 6.20 Å². The Morgan fingerprint density at radius 1 is 1.40 bits per heavy atom. The molecule has 1 aromatic rings. The number of aromatic amines is 1. The van der Waals surface area contributed by atoms with E-state index >= 15 is 0 Å². The molecular formula is C13H24N4O2S. The van der Waals surface area contributed by atoms with Crippen molar-refractivity contribution in [3.05, 3.63) is 11.8 Å². The van der Waals surface area contributed by atoms with Crippen LogP contribution >= 0.6 is 0 Å². The largest absolute Gasteiger partial charge is 0.313 e.